The third kappa shape index (κ3) is 5.43. The molecule has 1 aromatic heterocycles. The highest BCUT2D eigenvalue weighted by Crippen LogP contribution is 2.23. The van der Waals surface area contributed by atoms with Crippen molar-refractivity contribution in [2.24, 2.45) is 0 Å². The standard InChI is InChI=1S/C21H27N3O4/c1-15-3-8-20(28-15)19(24-9-11-27-12-10-24)14-23-21(26)18-6-4-17(5-7-18)13-22-16(2)25/h3-8,19H,9-14H2,1-2H3,(H,22,25)(H,23,26). The summed E-state index contributed by atoms with van der Waals surface area (Å²) in [7, 11) is 0. The zero-order chi connectivity index (χ0) is 19.9. The largest absolute Gasteiger partial charge is 0.465 e. The van der Waals surface area contributed by atoms with Gasteiger partial charge in [-0.3, -0.25) is 14.5 Å². The number of hydrogen-bond acceptors (Lipinski definition) is 5. The molecule has 1 unspecified atom stereocenters. The molecule has 2 aromatic rings. The van der Waals surface area contributed by atoms with E-state index in [2.05, 4.69) is 15.5 Å². The lowest BCUT2D eigenvalue weighted by molar-refractivity contribution is -0.119. The second kappa shape index (κ2) is 9.52. The van der Waals surface area contributed by atoms with Crippen LogP contribution in [-0.4, -0.2) is 49.6 Å². The lowest BCUT2D eigenvalue weighted by Gasteiger charge is -2.33. The van der Waals surface area contributed by atoms with Crippen LogP contribution in [0.5, 0.6) is 0 Å². The fourth-order valence-corrected chi connectivity index (χ4v) is 3.22. The zero-order valence-electron chi connectivity index (χ0n) is 16.4. The average Bonchev–Trinajstić information content (AvgIpc) is 3.13. The van der Waals surface area contributed by atoms with Crippen LogP contribution in [-0.2, 0) is 16.1 Å². The van der Waals surface area contributed by atoms with Crippen LogP contribution < -0.4 is 10.6 Å². The molecule has 7 nitrogen and oxygen atoms in total. The van der Waals surface area contributed by atoms with E-state index in [1.165, 1.54) is 6.92 Å². The summed E-state index contributed by atoms with van der Waals surface area (Å²) >= 11 is 0. The number of aryl methyl sites for hydroxylation is 1. The lowest BCUT2D eigenvalue weighted by atomic mass is 10.1. The van der Waals surface area contributed by atoms with Crippen LogP contribution in [0.15, 0.2) is 40.8 Å². The van der Waals surface area contributed by atoms with Crippen LogP contribution in [0.3, 0.4) is 0 Å². The predicted octanol–water partition coefficient (Wildman–Crippen LogP) is 2.03. The molecule has 1 fully saturated rings. The number of nitrogens with zero attached hydrogens (tertiary/aromatic N) is 1. The predicted molar refractivity (Wildman–Crippen MR) is 105 cm³/mol. The van der Waals surface area contributed by atoms with Gasteiger partial charge < -0.3 is 19.8 Å². The minimum absolute atomic E-state index is 0.0272. The molecule has 1 aromatic carbocycles. The number of carbonyl (C=O) groups excluding carboxylic acids is 2. The third-order valence-corrected chi connectivity index (χ3v) is 4.79. The Morgan fingerprint density at radius 3 is 2.39 bits per heavy atom. The normalized spacial score (nSPS) is 15.8. The Morgan fingerprint density at radius 2 is 1.79 bits per heavy atom. The Bertz CT molecular complexity index is 794. The first kappa shape index (κ1) is 20.1. The molecule has 1 aliphatic heterocycles. The van der Waals surface area contributed by atoms with Crippen LogP contribution in [0.4, 0.5) is 0 Å². The molecular weight excluding hydrogens is 358 g/mol. The highest BCUT2D eigenvalue weighted by Gasteiger charge is 2.25. The molecule has 1 aliphatic rings. The fraction of sp³-hybridized carbons (Fsp3) is 0.429. The van der Waals surface area contributed by atoms with E-state index >= 15 is 0 Å². The quantitative estimate of drug-likeness (QED) is 0.762. The molecule has 0 bridgehead atoms. The van der Waals surface area contributed by atoms with Gasteiger partial charge in [-0.25, -0.2) is 0 Å². The van der Waals surface area contributed by atoms with Gasteiger partial charge in [0.15, 0.2) is 0 Å². The number of morpholine rings is 1. The summed E-state index contributed by atoms with van der Waals surface area (Å²) in [5, 5.41) is 5.76. The van der Waals surface area contributed by atoms with E-state index < -0.39 is 0 Å². The molecule has 0 saturated carbocycles. The van der Waals surface area contributed by atoms with Crippen molar-refractivity contribution >= 4 is 11.8 Å². The molecule has 0 aliphatic carbocycles. The smallest absolute Gasteiger partial charge is 0.251 e. The molecule has 1 saturated heterocycles. The first-order chi connectivity index (χ1) is 13.5. The SMILES string of the molecule is CC(=O)NCc1ccc(C(=O)NCC(c2ccc(C)o2)N2CCOCC2)cc1. The summed E-state index contributed by atoms with van der Waals surface area (Å²) < 4.78 is 11.3. The minimum Gasteiger partial charge on any atom is -0.465 e. The van der Waals surface area contributed by atoms with Crippen molar-refractivity contribution < 1.29 is 18.7 Å². The summed E-state index contributed by atoms with van der Waals surface area (Å²) in [5.74, 6) is 1.50. The number of nitrogens with one attached hydrogen (secondary N) is 2. The Balaban J connectivity index is 1.62. The molecule has 28 heavy (non-hydrogen) atoms. The minimum atomic E-state index is -0.132. The van der Waals surface area contributed by atoms with Crippen molar-refractivity contribution in [1.82, 2.24) is 15.5 Å². The summed E-state index contributed by atoms with van der Waals surface area (Å²) in [4.78, 5) is 25.9. The van der Waals surface area contributed by atoms with Gasteiger partial charge in [0, 0.05) is 38.7 Å². The molecule has 1 atom stereocenters. The van der Waals surface area contributed by atoms with Crippen molar-refractivity contribution in [2.45, 2.75) is 26.4 Å². The van der Waals surface area contributed by atoms with Crippen LogP contribution in [0.1, 0.15) is 40.4 Å². The van der Waals surface area contributed by atoms with E-state index in [1.807, 2.05) is 31.2 Å². The van der Waals surface area contributed by atoms with Gasteiger partial charge in [-0.15, -0.1) is 0 Å². The van der Waals surface area contributed by atoms with Gasteiger partial charge in [0.05, 0.1) is 19.3 Å². The first-order valence-electron chi connectivity index (χ1n) is 9.52. The molecule has 2 amide bonds. The zero-order valence-corrected chi connectivity index (χ0v) is 16.4. The van der Waals surface area contributed by atoms with Gasteiger partial charge in [-0.1, -0.05) is 12.1 Å². The van der Waals surface area contributed by atoms with Crippen molar-refractivity contribution in [2.75, 3.05) is 32.8 Å². The third-order valence-electron chi connectivity index (χ3n) is 4.79. The second-order valence-electron chi connectivity index (χ2n) is 6.93. The van der Waals surface area contributed by atoms with Gasteiger partial charge in [0.1, 0.15) is 11.5 Å². The summed E-state index contributed by atoms with van der Waals surface area (Å²) in [6.45, 7) is 7.28. The number of furan rings is 1. The van der Waals surface area contributed by atoms with Gasteiger partial charge in [0.25, 0.3) is 5.91 Å². The van der Waals surface area contributed by atoms with Gasteiger partial charge >= 0.3 is 0 Å². The number of hydrogen-bond donors (Lipinski definition) is 2. The maximum absolute atomic E-state index is 12.6. The highest BCUT2D eigenvalue weighted by molar-refractivity contribution is 5.94. The Labute approximate surface area is 165 Å². The van der Waals surface area contributed by atoms with Crippen molar-refractivity contribution in [3.05, 3.63) is 59.0 Å². The van der Waals surface area contributed by atoms with Gasteiger partial charge in [0.2, 0.25) is 5.91 Å². The molecule has 2 N–H and O–H groups in total. The number of benzene rings is 1. The second-order valence-corrected chi connectivity index (χ2v) is 6.93. The molecule has 0 spiro atoms. The lowest BCUT2D eigenvalue weighted by Crippen LogP contribution is -2.43. The van der Waals surface area contributed by atoms with E-state index in [-0.39, 0.29) is 17.9 Å². The van der Waals surface area contributed by atoms with Crippen LogP contribution in [0.25, 0.3) is 0 Å². The number of ether oxygens (including phenoxy) is 1. The molecule has 3 rings (SSSR count). The molecule has 0 radical (unpaired) electrons. The Morgan fingerprint density at radius 1 is 1.07 bits per heavy atom. The van der Waals surface area contributed by atoms with Crippen LogP contribution in [0, 0.1) is 6.92 Å². The number of carbonyl (C=O) groups is 2. The average molecular weight is 385 g/mol. The summed E-state index contributed by atoms with van der Waals surface area (Å²) in [6, 6.07) is 11.1. The van der Waals surface area contributed by atoms with E-state index in [0.29, 0.717) is 31.9 Å². The fourth-order valence-electron chi connectivity index (χ4n) is 3.22. The van der Waals surface area contributed by atoms with E-state index in [1.54, 1.807) is 12.1 Å². The van der Waals surface area contributed by atoms with Crippen LogP contribution >= 0.6 is 0 Å². The molecule has 2 heterocycles. The topological polar surface area (TPSA) is 83.8 Å². The molecule has 150 valence electrons. The van der Waals surface area contributed by atoms with Gasteiger partial charge in [-0.05, 0) is 36.8 Å². The van der Waals surface area contributed by atoms with Gasteiger partial charge in [-0.2, -0.15) is 0 Å². The van der Waals surface area contributed by atoms with Crippen LogP contribution in [0.2, 0.25) is 0 Å². The van der Waals surface area contributed by atoms with Crippen molar-refractivity contribution in [1.29, 1.82) is 0 Å². The van der Waals surface area contributed by atoms with E-state index in [9.17, 15) is 9.59 Å². The Kier molecular flexibility index (Phi) is 6.84. The monoisotopic (exact) mass is 385 g/mol. The number of rotatable bonds is 7. The van der Waals surface area contributed by atoms with E-state index in [0.717, 1.165) is 30.2 Å². The summed E-state index contributed by atoms with van der Waals surface area (Å²) in [6.07, 6.45) is 0. The van der Waals surface area contributed by atoms with E-state index in [4.69, 9.17) is 9.15 Å². The summed E-state index contributed by atoms with van der Waals surface area (Å²) in [5.41, 5.74) is 1.53. The van der Waals surface area contributed by atoms with Crippen molar-refractivity contribution in [3.63, 3.8) is 0 Å². The van der Waals surface area contributed by atoms with Crippen molar-refractivity contribution in [3.8, 4) is 0 Å². The maximum atomic E-state index is 12.6. The Hall–Kier alpha value is -2.64. The number of amides is 2. The molecule has 7 heteroatoms. The first-order valence-corrected chi connectivity index (χ1v) is 9.52. The maximum Gasteiger partial charge on any atom is 0.251 e. The molecular formula is C21H27N3O4. The highest BCUT2D eigenvalue weighted by atomic mass is 16.5.